The normalized spacial score (nSPS) is 20.4. The second-order valence-corrected chi connectivity index (χ2v) is 10.6. The number of hydrogen-bond acceptors (Lipinski definition) is 4. The summed E-state index contributed by atoms with van der Waals surface area (Å²) in [6.45, 7) is 6.64. The van der Waals surface area contributed by atoms with E-state index < -0.39 is 23.1 Å². The topological polar surface area (TPSA) is 65.8 Å². The summed E-state index contributed by atoms with van der Waals surface area (Å²) < 4.78 is 41.5. The van der Waals surface area contributed by atoms with Gasteiger partial charge in [-0.2, -0.15) is 13.2 Å². The van der Waals surface area contributed by atoms with Gasteiger partial charge in [0.2, 0.25) is 0 Å². The second-order valence-electron chi connectivity index (χ2n) is 10.6. The van der Waals surface area contributed by atoms with Crippen LogP contribution in [0.5, 0.6) is 0 Å². The minimum Gasteiger partial charge on any atom is -0.386 e. The molecular weight excluding hydrogens is 471 g/mol. The Morgan fingerprint density at radius 2 is 1.67 bits per heavy atom. The lowest BCUT2D eigenvalue weighted by molar-refractivity contribution is -0.0895. The number of piperidine rings is 1. The molecule has 1 unspecified atom stereocenters. The average Bonchev–Trinajstić information content (AvgIpc) is 3.25. The summed E-state index contributed by atoms with van der Waals surface area (Å²) >= 11 is 0. The molecule has 1 atom stereocenters. The number of fused-ring (bicyclic) bond motifs is 2. The van der Waals surface area contributed by atoms with Gasteiger partial charge in [0, 0.05) is 36.9 Å². The van der Waals surface area contributed by atoms with Crippen molar-refractivity contribution >= 4 is 11.7 Å². The van der Waals surface area contributed by atoms with Crippen molar-refractivity contribution in [3.05, 3.63) is 58.9 Å². The average molecular weight is 506 g/mol. The molecule has 36 heavy (non-hydrogen) atoms. The van der Waals surface area contributed by atoms with Crippen molar-refractivity contribution in [2.75, 3.05) is 20.1 Å². The number of ketones is 1. The van der Waals surface area contributed by atoms with Gasteiger partial charge >= 0.3 is 6.18 Å². The lowest BCUT2D eigenvalue weighted by Crippen LogP contribution is -2.60. The van der Waals surface area contributed by atoms with Crippen molar-refractivity contribution in [1.29, 1.82) is 0 Å². The zero-order valence-electron chi connectivity index (χ0n) is 21.2. The number of amides is 1. The summed E-state index contributed by atoms with van der Waals surface area (Å²) in [5.74, 6) is -1.93. The van der Waals surface area contributed by atoms with Crippen LogP contribution >= 0.6 is 0 Å². The van der Waals surface area contributed by atoms with E-state index in [1.165, 1.54) is 6.07 Å². The van der Waals surface area contributed by atoms with E-state index in [1.54, 1.807) is 53.6 Å². The number of likely N-dealkylation sites (tertiary alicyclic amines) is 1. The maximum atomic E-state index is 13.3. The molecule has 9 heteroatoms. The first kappa shape index (κ1) is 26.4. The van der Waals surface area contributed by atoms with Gasteiger partial charge in [-0.1, -0.05) is 25.5 Å². The summed E-state index contributed by atoms with van der Waals surface area (Å²) in [5, 5.41) is 10.2. The molecule has 2 aromatic rings. The van der Waals surface area contributed by atoms with Gasteiger partial charge in [-0.15, -0.1) is 0 Å². The van der Waals surface area contributed by atoms with Crippen molar-refractivity contribution < 1.29 is 27.9 Å². The van der Waals surface area contributed by atoms with E-state index in [4.69, 9.17) is 0 Å². The first-order valence-corrected chi connectivity index (χ1v) is 12.5. The largest absolute Gasteiger partial charge is 0.456 e. The molecule has 6 nitrogen and oxygen atoms in total. The fraction of sp³-hybridized carbons (Fsp3) is 0.556. The number of carbonyl (C=O) groups excluding carboxylic acids is 2. The van der Waals surface area contributed by atoms with E-state index in [0.29, 0.717) is 49.3 Å². The molecular formula is C27H34F3N3O3. The van der Waals surface area contributed by atoms with Crippen LogP contribution < -0.4 is 0 Å². The molecule has 0 aliphatic carbocycles. The number of benzene rings is 1. The number of aromatic nitrogens is 1. The Morgan fingerprint density at radius 3 is 2.19 bits per heavy atom. The second kappa shape index (κ2) is 9.34. The standard InChI is InChI=1S/C27H34F3N3O3/c1-5-6-20-17-33-21(23(34)27(28,29)30)11-12-22(33)26(31(20)4)13-15-32(16-14-26)24(35)18-7-9-19(10-8-18)25(2,3)36/h7-12,20,36H,5-6,13-17H2,1-4H3. The zero-order chi connectivity index (χ0) is 26.5. The van der Waals surface area contributed by atoms with Gasteiger partial charge in [-0.25, -0.2) is 0 Å². The Balaban J connectivity index is 1.60. The monoisotopic (exact) mass is 505 g/mol. The summed E-state index contributed by atoms with van der Waals surface area (Å²) in [6.07, 6.45) is -2.15. The predicted molar refractivity (Wildman–Crippen MR) is 130 cm³/mol. The van der Waals surface area contributed by atoms with Crippen LogP contribution in [0.3, 0.4) is 0 Å². The van der Waals surface area contributed by atoms with Crippen LogP contribution in [0.2, 0.25) is 0 Å². The van der Waals surface area contributed by atoms with Crippen LogP contribution in [0.1, 0.15) is 78.6 Å². The first-order valence-electron chi connectivity index (χ1n) is 12.5. The van der Waals surface area contributed by atoms with E-state index >= 15 is 0 Å². The molecule has 1 amide bonds. The van der Waals surface area contributed by atoms with Gasteiger partial charge in [0.1, 0.15) is 0 Å². The Morgan fingerprint density at radius 1 is 1.06 bits per heavy atom. The molecule has 0 radical (unpaired) electrons. The summed E-state index contributed by atoms with van der Waals surface area (Å²) in [4.78, 5) is 29.4. The number of Topliss-reactive ketones (excluding diaryl/α,β-unsaturated/α-hetero) is 1. The van der Waals surface area contributed by atoms with E-state index in [0.717, 1.165) is 12.8 Å². The third-order valence-corrected chi connectivity index (χ3v) is 7.90. The molecule has 1 spiro atoms. The van der Waals surface area contributed by atoms with E-state index in [1.807, 2.05) is 14.0 Å². The number of rotatable bonds is 5. The number of aliphatic hydroxyl groups is 1. The fourth-order valence-corrected chi connectivity index (χ4v) is 5.79. The fourth-order valence-electron chi connectivity index (χ4n) is 5.79. The maximum Gasteiger partial charge on any atom is 0.456 e. The molecule has 0 saturated carbocycles. The van der Waals surface area contributed by atoms with Crippen molar-refractivity contribution in [1.82, 2.24) is 14.4 Å². The molecule has 196 valence electrons. The van der Waals surface area contributed by atoms with Gasteiger partial charge in [0.25, 0.3) is 11.7 Å². The Bertz CT molecular complexity index is 1120. The minimum absolute atomic E-state index is 0.00804. The molecule has 2 aliphatic rings. The SMILES string of the molecule is CCCC1Cn2c(C(=O)C(F)(F)F)ccc2C2(CCN(C(=O)c3ccc(C(C)(C)O)cc3)CC2)N1C. The lowest BCUT2D eigenvalue weighted by Gasteiger charge is -2.54. The Hall–Kier alpha value is -2.65. The van der Waals surface area contributed by atoms with Crippen LogP contribution in [0, 0.1) is 0 Å². The third kappa shape index (κ3) is 4.59. The zero-order valence-corrected chi connectivity index (χ0v) is 21.2. The molecule has 2 aliphatic heterocycles. The van der Waals surface area contributed by atoms with Crippen molar-refractivity contribution in [3.63, 3.8) is 0 Å². The molecule has 0 bridgehead atoms. The lowest BCUT2D eigenvalue weighted by atomic mass is 9.79. The predicted octanol–water partition coefficient (Wildman–Crippen LogP) is 4.71. The highest BCUT2D eigenvalue weighted by molar-refractivity contribution is 5.99. The number of nitrogens with zero attached hydrogens (tertiary/aromatic N) is 3. The quantitative estimate of drug-likeness (QED) is 0.598. The number of halogens is 3. The summed E-state index contributed by atoms with van der Waals surface area (Å²) in [6, 6.07) is 9.87. The van der Waals surface area contributed by atoms with Gasteiger partial charge in [0.05, 0.1) is 16.8 Å². The van der Waals surface area contributed by atoms with Gasteiger partial charge in [-0.3, -0.25) is 14.5 Å². The number of hydrogen-bond donors (Lipinski definition) is 1. The van der Waals surface area contributed by atoms with Gasteiger partial charge in [0.15, 0.2) is 0 Å². The minimum atomic E-state index is -4.93. The van der Waals surface area contributed by atoms with Crippen LogP contribution in [-0.2, 0) is 17.7 Å². The Labute approximate surface area is 209 Å². The highest BCUT2D eigenvalue weighted by Crippen LogP contribution is 2.44. The Kier molecular flexibility index (Phi) is 6.85. The molecule has 1 N–H and O–H groups in total. The van der Waals surface area contributed by atoms with E-state index in [2.05, 4.69) is 4.90 Å². The van der Waals surface area contributed by atoms with Crippen molar-refractivity contribution in [3.8, 4) is 0 Å². The molecule has 4 rings (SSSR count). The van der Waals surface area contributed by atoms with Crippen LogP contribution in [0.4, 0.5) is 13.2 Å². The highest BCUT2D eigenvalue weighted by Gasteiger charge is 2.50. The number of carbonyl (C=O) groups is 2. The smallest absolute Gasteiger partial charge is 0.386 e. The van der Waals surface area contributed by atoms with E-state index in [-0.39, 0.29) is 17.6 Å². The molecule has 3 heterocycles. The third-order valence-electron chi connectivity index (χ3n) is 7.90. The first-order chi connectivity index (χ1) is 16.8. The summed E-state index contributed by atoms with van der Waals surface area (Å²) in [5.41, 5.74) is 0.0989. The molecule has 1 saturated heterocycles. The highest BCUT2D eigenvalue weighted by atomic mass is 19.4. The number of alkyl halides is 3. The van der Waals surface area contributed by atoms with Crippen molar-refractivity contribution in [2.45, 2.75) is 76.4 Å². The molecule has 1 fully saturated rings. The van der Waals surface area contributed by atoms with Gasteiger partial charge in [-0.05, 0) is 70.0 Å². The van der Waals surface area contributed by atoms with Gasteiger partial charge < -0.3 is 14.6 Å². The van der Waals surface area contributed by atoms with Crippen LogP contribution in [0.25, 0.3) is 0 Å². The maximum absolute atomic E-state index is 13.3. The van der Waals surface area contributed by atoms with Crippen molar-refractivity contribution in [2.24, 2.45) is 0 Å². The van der Waals surface area contributed by atoms with Crippen LogP contribution in [0.15, 0.2) is 36.4 Å². The molecule has 1 aromatic heterocycles. The molecule has 1 aromatic carbocycles. The number of likely N-dealkylation sites (N-methyl/N-ethyl adjacent to an activating group) is 1. The summed E-state index contributed by atoms with van der Waals surface area (Å²) in [7, 11) is 2.01. The van der Waals surface area contributed by atoms with Crippen LogP contribution in [-0.4, -0.2) is 63.5 Å². The van der Waals surface area contributed by atoms with E-state index in [9.17, 15) is 27.9 Å².